The molecule has 1 aliphatic heterocycles. The lowest BCUT2D eigenvalue weighted by Gasteiger charge is -2.31. The molecule has 0 spiro atoms. The second-order valence-corrected chi connectivity index (χ2v) is 8.35. The summed E-state index contributed by atoms with van der Waals surface area (Å²) in [6.45, 7) is 3.20. The van der Waals surface area contributed by atoms with E-state index in [1.54, 1.807) is 44.6 Å². The highest BCUT2D eigenvalue weighted by Gasteiger charge is 2.24. The normalized spacial score (nSPS) is 14.2. The first-order chi connectivity index (χ1) is 15.9. The number of ether oxygens (including phenoxy) is 1. The van der Waals surface area contributed by atoms with Crippen LogP contribution in [0.5, 0.6) is 5.75 Å². The van der Waals surface area contributed by atoms with E-state index in [0.29, 0.717) is 54.5 Å². The van der Waals surface area contributed by atoms with Crippen LogP contribution in [0.1, 0.15) is 35.8 Å². The van der Waals surface area contributed by atoms with E-state index in [4.69, 9.17) is 16.3 Å². The minimum atomic E-state index is -0.313. The molecule has 0 atom stereocenters. The van der Waals surface area contributed by atoms with Crippen molar-refractivity contribution in [2.45, 2.75) is 32.4 Å². The molecule has 2 aromatic heterocycles. The lowest BCUT2D eigenvalue weighted by molar-refractivity contribution is -0.130. The third-order valence-electron chi connectivity index (χ3n) is 5.52. The Hall–Kier alpha value is -3.46. The molecule has 3 aromatic rings. The Bertz CT molecular complexity index is 1140. The number of carbonyl (C=O) groups excluding carboxylic acids is 2. The van der Waals surface area contributed by atoms with Crippen molar-refractivity contribution in [2.24, 2.45) is 7.05 Å². The molecule has 9 nitrogen and oxygen atoms in total. The highest BCUT2D eigenvalue weighted by molar-refractivity contribution is 6.30. The zero-order valence-electron chi connectivity index (χ0n) is 18.5. The minimum absolute atomic E-state index is 0.0669. The average molecular weight is 469 g/mol. The van der Waals surface area contributed by atoms with Crippen LogP contribution in [0, 0.1) is 0 Å². The van der Waals surface area contributed by atoms with Gasteiger partial charge in [0.05, 0.1) is 11.8 Å². The average Bonchev–Trinajstić information content (AvgIpc) is 3.24. The van der Waals surface area contributed by atoms with Gasteiger partial charge < -0.3 is 15.0 Å². The highest BCUT2D eigenvalue weighted by Crippen LogP contribution is 2.31. The second kappa shape index (κ2) is 9.99. The van der Waals surface area contributed by atoms with Crippen molar-refractivity contribution in [3.8, 4) is 17.0 Å². The smallest absolute Gasteiger partial charge is 0.270 e. The molecule has 1 saturated heterocycles. The maximum absolute atomic E-state index is 12.8. The Morgan fingerprint density at radius 2 is 1.91 bits per heavy atom. The van der Waals surface area contributed by atoms with E-state index in [-0.39, 0.29) is 23.6 Å². The number of aromatic nitrogens is 4. The molecule has 3 heterocycles. The number of aryl methyl sites for hydroxylation is 1. The Morgan fingerprint density at radius 3 is 2.55 bits per heavy atom. The molecule has 4 rings (SSSR count). The van der Waals surface area contributed by atoms with Crippen LogP contribution in [-0.2, 0) is 18.4 Å². The van der Waals surface area contributed by atoms with Gasteiger partial charge in [-0.3, -0.25) is 14.6 Å². The summed E-state index contributed by atoms with van der Waals surface area (Å²) in [7, 11) is 1.73. The van der Waals surface area contributed by atoms with Crippen molar-refractivity contribution in [3.63, 3.8) is 0 Å². The number of nitrogens with zero attached hydrogens (tertiary/aromatic N) is 5. The fourth-order valence-corrected chi connectivity index (χ4v) is 3.79. The number of benzene rings is 1. The third kappa shape index (κ3) is 5.67. The highest BCUT2D eigenvalue weighted by atomic mass is 35.5. The second-order valence-electron chi connectivity index (χ2n) is 7.92. The zero-order valence-corrected chi connectivity index (χ0v) is 19.2. The number of rotatable bonds is 6. The summed E-state index contributed by atoms with van der Waals surface area (Å²) in [6, 6.07) is 8.91. The molecule has 1 N–H and O–H groups in total. The van der Waals surface area contributed by atoms with E-state index in [1.807, 2.05) is 17.0 Å². The topological polar surface area (TPSA) is 102 Å². The summed E-state index contributed by atoms with van der Waals surface area (Å²) >= 11 is 5.92. The van der Waals surface area contributed by atoms with Gasteiger partial charge in [0.15, 0.2) is 0 Å². The summed E-state index contributed by atoms with van der Waals surface area (Å²) in [5, 5.41) is 12.0. The number of hydrogen-bond donors (Lipinski definition) is 1. The monoisotopic (exact) mass is 468 g/mol. The number of nitrogens with one attached hydrogen (secondary N) is 1. The molecule has 1 aromatic carbocycles. The number of hydrogen-bond acceptors (Lipinski definition) is 6. The van der Waals surface area contributed by atoms with E-state index in [9.17, 15) is 9.59 Å². The predicted octanol–water partition coefficient (Wildman–Crippen LogP) is 2.85. The number of halogens is 1. The zero-order chi connectivity index (χ0) is 23.4. The largest absolute Gasteiger partial charge is 0.489 e. The van der Waals surface area contributed by atoms with Gasteiger partial charge in [-0.05, 0) is 17.7 Å². The van der Waals surface area contributed by atoms with E-state index >= 15 is 0 Å². The summed E-state index contributed by atoms with van der Waals surface area (Å²) in [6.07, 6.45) is 4.55. The maximum atomic E-state index is 12.8. The van der Waals surface area contributed by atoms with Crippen molar-refractivity contribution < 1.29 is 14.3 Å². The molecule has 0 aliphatic carbocycles. The van der Waals surface area contributed by atoms with Gasteiger partial charge >= 0.3 is 0 Å². The Labute approximate surface area is 196 Å². The van der Waals surface area contributed by atoms with Crippen LogP contribution in [0.3, 0.4) is 0 Å². The van der Waals surface area contributed by atoms with Crippen molar-refractivity contribution in [3.05, 3.63) is 59.0 Å². The standard InChI is InChI=1S/C23H25ClN6O3/c1-15(31)30-9-7-18(8-10-30)33-22-11-20(25-13-19(22)21-14-27-29(2)28-21)23(32)26-12-16-3-5-17(24)6-4-16/h3-6,11,13-14,18H,7-10,12H2,1-2H3,(H,26,32). The van der Waals surface area contributed by atoms with Gasteiger partial charge in [0, 0.05) is 63.7 Å². The van der Waals surface area contributed by atoms with Crippen LogP contribution in [-0.4, -0.2) is 55.9 Å². The van der Waals surface area contributed by atoms with Gasteiger partial charge in [0.2, 0.25) is 5.91 Å². The van der Waals surface area contributed by atoms with Crippen molar-refractivity contribution in [1.82, 2.24) is 30.2 Å². The van der Waals surface area contributed by atoms with Crippen LogP contribution in [0.25, 0.3) is 11.3 Å². The first-order valence-electron chi connectivity index (χ1n) is 10.7. The van der Waals surface area contributed by atoms with Crippen molar-refractivity contribution in [1.29, 1.82) is 0 Å². The first-order valence-corrected chi connectivity index (χ1v) is 11.1. The van der Waals surface area contributed by atoms with Crippen molar-refractivity contribution >= 4 is 23.4 Å². The number of carbonyl (C=O) groups is 2. The van der Waals surface area contributed by atoms with Gasteiger partial charge in [-0.2, -0.15) is 15.0 Å². The van der Waals surface area contributed by atoms with E-state index < -0.39 is 0 Å². The Kier molecular flexibility index (Phi) is 6.88. The van der Waals surface area contributed by atoms with Crippen LogP contribution in [0.4, 0.5) is 0 Å². The van der Waals surface area contributed by atoms with Gasteiger partial charge in [-0.25, -0.2) is 0 Å². The Balaban J connectivity index is 1.52. The van der Waals surface area contributed by atoms with E-state index in [1.165, 1.54) is 4.80 Å². The molecule has 2 amide bonds. The molecule has 0 unspecified atom stereocenters. The molecular weight excluding hydrogens is 444 g/mol. The molecular formula is C23H25ClN6O3. The van der Waals surface area contributed by atoms with Crippen LogP contribution in [0.15, 0.2) is 42.7 Å². The molecule has 0 radical (unpaired) electrons. The molecule has 1 fully saturated rings. The lowest BCUT2D eigenvalue weighted by Crippen LogP contribution is -2.40. The lowest BCUT2D eigenvalue weighted by atomic mass is 10.1. The molecule has 0 bridgehead atoms. The molecule has 1 aliphatic rings. The fourth-order valence-electron chi connectivity index (χ4n) is 3.66. The van der Waals surface area contributed by atoms with Gasteiger partial charge in [0.25, 0.3) is 5.91 Å². The van der Waals surface area contributed by atoms with Crippen LogP contribution < -0.4 is 10.1 Å². The maximum Gasteiger partial charge on any atom is 0.270 e. The Morgan fingerprint density at radius 1 is 1.18 bits per heavy atom. The summed E-state index contributed by atoms with van der Waals surface area (Å²) < 4.78 is 6.30. The van der Waals surface area contributed by atoms with Gasteiger partial charge in [-0.15, -0.1) is 0 Å². The first kappa shape index (κ1) is 22.7. The van der Waals surface area contributed by atoms with Gasteiger partial charge in [-0.1, -0.05) is 23.7 Å². The summed E-state index contributed by atoms with van der Waals surface area (Å²) in [5.74, 6) is 0.271. The van der Waals surface area contributed by atoms with E-state index in [0.717, 1.165) is 5.56 Å². The molecule has 33 heavy (non-hydrogen) atoms. The molecule has 10 heteroatoms. The third-order valence-corrected chi connectivity index (χ3v) is 5.77. The summed E-state index contributed by atoms with van der Waals surface area (Å²) in [4.78, 5) is 32.0. The van der Waals surface area contributed by atoms with Crippen LogP contribution >= 0.6 is 11.6 Å². The fraction of sp³-hybridized carbons (Fsp3) is 0.348. The van der Waals surface area contributed by atoms with Crippen LogP contribution in [0.2, 0.25) is 5.02 Å². The number of piperidine rings is 1. The summed E-state index contributed by atoms with van der Waals surface area (Å²) in [5.41, 5.74) is 2.44. The van der Waals surface area contributed by atoms with Crippen molar-refractivity contribution in [2.75, 3.05) is 13.1 Å². The van der Waals surface area contributed by atoms with E-state index in [2.05, 4.69) is 20.5 Å². The number of pyridine rings is 1. The quantitative estimate of drug-likeness (QED) is 0.596. The predicted molar refractivity (Wildman–Crippen MR) is 123 cm³/mol. The number of amides is 2. The molecule has 172 valence electrons. The van der Waals surface area contributed by atoms with Gasteiger partial charge in [0.1, 0.15) is 23.2 Å². The SMILES string of the molecule is CC(=O)N1CCC(Oc2cc(C(=O)NCc3ccc(Cl)cc3)ncc2-c2cnn(C)n2)CC1. The minimum Gasteiger partial charge on any atom is -0.489 e. The number of likely N-dealkylation sites (tertiary alicyclic amines) is 1. The molecule has 0 saturated carbocycles.